The molecule has 1 aliphatic rings. The Bertz CT molecular complexity index is 1370. The van der Waals surface area contributed by atoms with E-state index in [0.29, 0.717) is 22.8 Å². The molecule has 0 bridgehead atoms. The van der Waals surface area contributed by atoms with E-state index >= 15 is 0 Å². The van der Waals surface area contributed by atoms with E-state index in [9.17, 15) is 5.26 Å². The molecule has 4 heterocycles. The lowest BCUT2D eigenvalue weighted by Crippen LogP contribution is -2.39. The summed E-state index contributed by atoms with van der Waals surface area (Å²) in [4.78, 5) is 13.7. The number of nitrogens with zero attached hydrogens (tertiary/aromatic N) is 5. The summed E-state index contributed by atoms with van der Waals surface area (Å²) in [6, 6.07) is 14.0. The highest BCUT2D eigenvalue weighted by atomic mass is 16.5. The lowest BCUT2D eigenvalue weighted by Gasteiger charge is -2.30. The second-order valence-corrected chi connectivity index (χ2v) is 8.39. The van der Waals surface area contributed by atoms with Gasteiger partial charge in [0, 0.05) is 23.4 Å². The van der Waals surface area contributed by atoms with Crippen molar-refractivity contribution in [2.45, 2.75) is 25.2 Å². The molecular formula is C26H24N6O2. The Labute approximate surface area is 197 Å². The van der Waals surface area contributed by atoms with E-state index in [2.05, 4.69) is 26.5 Å². The van der Waals surface area contributed by atoms with Crippen LogP contribution < -0.4 is 10.1 Å². The van der Waals surface area contributed by atoms with Crippen molar-refractivity contribution in [1.29, 1.82) is 5.26 Å². The van der Waals surface area contributed by atoms with Crippen molar-refractivity contribution >= 4 is 0 Å². The fourth-order valence-electron chi connectivity index (χ4n) is 4.41. The number of hydrogen-bond acceptors (Lipinski definition) is 8. The maximum Gasteiger partial charge on any atom is 0.187 e. The SMILES string of the molecule is COc1cccc(C)c1-c1cc(-c2cncc(-c3ccnc(C4(C#N)CCNCC4)c3)n2)on1. The average Bonchev–Trinajstić information content (AvgIpc) is 3.39. The van der Waals surface area contributed by atoms with Crippen LogP contribution in [-0.2, 0) is 5.41 Å². The van der Waals surface area contributed by atoms with Gasteiger partial charge in [0.25, 0.3) is 0 Å². The Morgan fingerprint density at radius 3 is 2.71 bits per heavy atom. The highest BCUT2D eigenvalue weighted by Crippen LogP contribution is 2.35. The maximum atomic E-state index is 9.93. The first-order valence-electron chi connectivity index (χ1n) is 11.2. The summed E-state index contributed by atoms with van der Waals surface area (Å²) in [5, 5.41) is 17.5. The summed E-state index contributed by atoms with van der Waals surface area (Å²) in [5.41, 5.74) is 4.87. The predicted octanol–water partition coefficient (Wildman–Crippen LogP) is 4.32. The molecule has 8 nitrogen and oxygen atoms in total. The van der Waals surface area contributed by atoms with E-state index < -0.39 is 5.41 Å². The van der Waals surface area contributed by atoms with Crippen molar-refractivity contribution in [2.24, 2.45) is 0 Å². The number of piperidine rings is 1. The first-order valence-corrected chi connectivity index (χ1v) is 11.2. The molecule has 0 spiro atoms. The van der Waals surface area contributed by atoms with Gasteiger partial charge in [-0.1, -0.05) is 17.3 Å². The Balaban J connectivity index is 1.49. The van der Waals surface area contributed by atoms with Gasteiger partial charge in [-0.25, -0.2) is 4.98 Å². The molecule has 170 valence electrons. The highest BCUT2D eigenvalue weighted by molar-refractivity contribution is 5.73. The van der Waals surface area contributed by atoms with Gasteiger partial charge < -0.3 is 14.6 Å². The molecule has 8 heteroatoms. The summed E-state index contributed by atoms with van der Waals surface area (Å²) in [6.45, 7) is 3.60. The third kappa shape index (κ3) is 3.91. The van der Waals surface area contributed by atoms with Crippen LogP contribution in [0.1, 0.15) is 24.1 Å². The van der Waals surface area contributed by atoms with Gasteiger partial charge in [-0.05, 0) is 56.6 Å². The van der Waals surface area contributed by atoms with Crippen molar-refractivity contribution in [3.05, 3.63) is 66.2 Å². The van der Waals surface area contributed by atoms with Crippen LogP contribution in [0.4, 0.5) is 0 Å². The van der Waals surface area contributed by atoms with Crippen LogP contribution in [-0.4, -0.2) is 40.3 Å². The van der Waals surface area contributed by atoms with Gasteiger partial charge in [0.2, 0.25) is 0 Å². The van der Waals surface area contributed by atoms with Crippen molar-refractivity contribution in [3.63, 3.8) is 0 Å². The summed E-state index contributed by atoms with van der Waals surface area (Å²) in [7, 11) is 1.64. The fraction of sp³-hybridized carbons (Fsp3) is 0.269. The monoisotopic (exact) mass is 452 g/mol. The van der Waals surface area contributed by atoms with E-state index in [1.165, 1.54) is 0 Å². The lowest BCUT2D eigenvalue weighted by molar-refractivity contribution is 0.375. The number of nitrogens with one attached hydrogen (secondary N) is 1. The summed E-state index contributed by atoms with van der Waals surface area (Å²) < 4.78 is 11.1. The first kappa shape index (κ1) is 21.7. The van der Waals surface area contributed by atoms with Crippen LogP contribution in [0.2, 0.25) is 0 Å². The Morgan fingerprint density at radius 1 is 1.09 bits per heavy atom. The van der Waals surface area contributed by atoms with E-state index in [0.717, 1.165) is 54.1 Å². The van der Waals surface area contributed by atoms with Crippen LogP contribution in [0.15, 0.2) is 59.5 Å². The second-order valence-electron chi connectivity index (χ2n) is 8.39. The number of pyridine rings is 1. The molecule has 5 rings (SSSR count). The van der Waals surface area contributed by atoms with Crippen molar-refractivity contribution in [2.75, 3.05) is 20.2 Å². The number of nitriles is 1. The summed E-state index contributed by atoms with van der Waals surface area (Å²) >= 11 is 0. The van der Waals surface area contributed by atoms with Crippen LogP contribution in [0.25, 0.3) is 34.0 Å². The van der Waals surface area contributed by atoms with Gasteiger partial charge in [-0.3, -0.25) is 9.97 Å². The molecule has 0 saturated carbocycles. The zero-order valence-corrected chi connectivity index (χ0v) is 19.1. The van der Waals surface area contributed by atoms with Crippen LogP contribution in [0.5, 0.6) is 5.75 Å². The van der Waals surface area contributed by atoms with Gasteiger partial charge in [-0.2, -0.15) is 5.26 Å². The minimum Gasteiger partial charge on any atom is -0.496 e. The molecule has 1 fully saturated rings. The molecule has 0 radical (unpaired) electrons. The minimum atomic E-state index is -0.585. The number of rotatable bonds is 5. The fourth-order valence-corrected chi connectivity index (χ4v) is 4.41. The Kier molecular flexibility index (Phi) is 5.78. The molecule has 1 saturated heterocycles. The number of ether oxygens (including phenoxy) is 1. The third-order valence-electron chi connectivity index (χ3n) is 6.32. The quantitative estimate of drug-likeness (QED) is 0.477. The highest BCUT2D eigenvalue weighted by Gasteiger charge is 2.35. The topological polar surface area (TPSA) is 110 Å². The van der Waals surface area contributed by atoms with Gasteiger partial charge in [0.1, 0.15) is 22.6 Å². The molecule has 1 N–H and O–H groups in total. The van der Waals surface area contributed by atoms with E-state index in [1.807, 2.05) is 43.3 Å². The number of hydrogen-bond donors (Lipinski definition) is 1. The predicted molar refractivity (Wildman–Crippen MR) is 127 cm³/mol. The second kappa shape index (κ2) is 9.04. The molecule has 34 heavy (non-hydrogen) atoms. The Hall–Kier alpha value is -4.09. The molecule has 0 amide bonds. The summed E-state index contributed by atoms with van der Waals surface area (Å²) in [6.07, 6.45) is 6.54. The maximum absolute atomic E-state index is 9.93. The van der Waals surface area contributed by atoms with E-state index in [4.69, 9.17) is 14.2 Å². The molecule has 3 aromatic heterocycles. The van der Waals surface area contributed by atoms with Gasteiger partial charge in [-0.15, -0.1) is 0 Å². The van der Waals surface area contributed by atoms with E-state index in [-0.39, 0.29) is 0 Å². The average molecular weight is 453 g/mol. The normalized spacial score (nSPS) is 15.0. The molecular weight excluding hydrogens is 428 g/mol. The minimum absolute atomic E-state index is 0.510. The standard InChI is InChI=1S/C26H24N6O2/c1-17-4-3-5-22(33-2)25(17)19-13-23(34-32-19)21-15-29-14-20(31-21)18-6-9-30-24(12-18)26(16-27)7-10-28-11-8-26/h3-6,9,12-15,28H,7-8,10-11H2,1-2H3. The van der Waals surface area contributed by atoms with Crippen molar-refractivity contribution in [3.8, 4) is 45.8 Å². The zero-order chi connectivity index (χ0) is 23.5. The molecule has 1 aliphatic heterocycles. The number of aryl methyl sites for hydroxylation is 1. The van der Waals surface area contributed by atoms with Gasteiger partial charge >= 0.3 is 0 Å². The van der Waals surface area contributed by atoms with Gasteiger partial charge in [0.15, 0.2) is 5.76 Å². The zero-order valence-electron chi connectivity index (χ0n) is 19.1. The third-order valence-corrected chi connectivity index (χ3v) is 6.32. The first-order chi connectivity index (χ1) is 16.6. The number of methoxy groups -OCH3 is 1. The molecule has 4 aromatic rings. The van der Waals surface area contributed by atoms with Crippen LogP contribution in [0, 0.1) is 18.3 Å². The van der Waals surface area contributed by atoms with Crippen molar-refractivity contribution < 1.29 is 9.26 Å². The number of benzene rings is 1. The molecule has 0 aliphatic carbocycles. The number of aromatic nitrogens is 4. The van der Waals surface area contributed by atoms with Crippen molar-refractivity contribution in [1.82, 2.24) is 25.4 Å². The molecule has 0 atom stereocenters. The molecule has 1 aromatic carbocycles. The summed E-state index contributed by atoms with van der Waals surface area (Å²) in [5.74, 6) is 1.24. The van der Waals surface area contributed by atoms with E-state index in [1.54, 1.807) is 25.7 Å². The van der Waals surface area contributed by atoms with Crippen LogP contribution in [0.3, 0.4) is 0 Å². The largest absolute Gasteiger partial charge is 0.496 e. The van der Waals surface area contributed by atoms with Crippen LogP contribution >= 0.6 is 0 Å². The Morgan fingerprint density at radius 2 is 1.91 bits per heavy atom. The lowest BCUT2D eigenvalue weighted by atomic mass is 9.77. The molecule has 0 unspecified atom stereocenters. The van der Waals surface area contributed by atoms with Gasteiger partial charge in [0.05, 0.1) is 37.0 Å². The smallest absolute Gasteiger partial charge is 0.187 e.